The third-order valence-electron chi connectivity index (χ3n) is 5.42. The van der Waals surface area contributed by atoms with Crippen LogP contribution in [-0.4, -0.2) is 24.6 Å². The summed E-state index contributed by atoms with van der Waals surface area (Å²) in [6, 6.07) is 15.0. The Morgan fingerprint density at radius 1 is 1.19 bits per heavy atom. The van der Waals surface area contributed by atoms with Crippen molar-refractivity contribution in [2.45, 2.75) is 37.8 Å². The minimum absolute atomic E-state index is 0.0869. The van der Waals surface area contributed by atoms with Gasteiger partial charge in [-0.15, -0.1) is 0 Å². The van der Waals surface area contributed by atoms with E-state index in [0.29, 0.717) is 17.9 Å². The predicted octanol–water partition coefficient (Wildman–Crippen LogP) is 3.43. The Bertz CT molecular complexity index is 872. The second-order valence-corrected chi connectivity index (χ2v) is 7.52. The standard InChI is InChI=1S/C22H23NO4/c1-22(13-16-5-3-4-6-18(16)20(24)27-22)21(25)23-19(14-7-8-14)15-9-11-17(26-2)12-10-15/h3-6,9-12,14,19H,7-8,13H2,1-2H3,(H,23,25)/t19-,22-/m1/s1. The Hall–Kier alpha value is -2.82. The number of rotatable bonds is 5. The smallest absolute Gasteiger partial charge is 0.339 e. The van der Waals surface area contributed by atoms with Crippen LogP contribution in [-0.2, 0) is 16.0 Å². The van der Waals surface area contributed by atoms with Crippen molar-refractivity contribution in [2.24, 2.45) is 5.92 Å². The topological polar surface area (TPSA) is 64.6 Å². The highest BCUT2D eigenvalue weighted by atomic mass is 16.6. The lowest BCUT2D eigenvalue weighted by atomic mass is 9.88. The molecule has 0 unspecified atom stereocenters. The van der Waals surface area contributed by atoms with Gasteiger partial charge in [0, 0.05) is 6.42 Å². The van der Waals surface area contributed by atoms with E-state index in [1.54, 1.807) is 26.2 Å². The first-order valence-corrected chi connectivity index (χ1v) is 9.26. The first-order chi connectivity index (χ1) is 13.0. The monoisotopic (exact) mass is 365 g/mol. The normalized spacial score (nSPS) is 22.4. The van der Waals surface area contributed by atoms with Gasteiger partial charge in [-0.2, -0.15) is 0 Å². The van der Waals surface area contributed by atoms with E-state index in [-0.39, 0.29) is 11.9 Å². The Balaban J connectivity index is 1.55. The van der Waals surface area contributed by atoms with E-state index < -0.39 is 11.6 Å². The molecular weight excluding hydrogens is 342 g/mol. The van der Waals surface area contributed by atoms with E-state index in [0.717, 1.165) is 29.7 Å². The quantitative estimate of drug-likeness (QED) is 0.825. The number of hydrogen-bond acceptors (Lipinski definition) is 4. The van der Waals surface area contributed by atoms with Crippen LogP contribution < -0.4 is 10.1 Å². The van der Waals surface area contributed by atoms with Gasteiger partial charge >= 0.3 is 5.97 Å². The number of fused-ring (bicyclic) bond motifs is 1. The third kappa shape index (κ3) is 3.42. The number of hydrogen-bond donors (Lipinski definition) is 1. The van der Waals surface area contributed by atoms with E-state index in [2.05, 4.69) is 5.32 Å². The first-order valence-electron chi connectivity index (χ1n) is 9.26. The fourth-order valence-electron chi connectivity index (χ4n) is 3.67. The molecule has 2 aromatic rings. The summed E-state index contributed by atoms with van der Waals surface area (Å²) in [6.45, 7) is 1.69. The van der Waals surface area contributed by atoms with Gasteiger partial charge in [-0.1, -0.05) is 30.3 Å². The van der Waals surface area contributed by atoms with Crippen LogP contribution in [0.25, 0.3) is 0 Å². The number of carbonyl (C=O) groups is 2. The molecule has 1 aliphatic heterocycles. The number of cyclic esters (lactones) is 1. The Labute approximate surface area is 158 Å². The zero-order valence-corrected chi connectivity index (χ0v) is 15.5. The summed E-state index contributed by atoms with van der Waals surface area (Å²) in [5.74, 6) is 0.502. The van der Waals surface area contributed by atoms with Crippen LogP contribution in [0.2, 0.25) is 0 Å². The largest absolute Gasteiger partial charge is 0.497 e. The van der Waals surface area contributed by atoms with E-state index in [1.165, 1.54) is 0 Å². The summed E-state index contributed by atoms with van der Waals surface area (Å²) in [5.41, 5.74) is 1.22. The Morgan fingerprint density at radius 2 is 1.89 bits per heavy atom. The second-order valence-electron chi connectivity index (χ2n) is 7.52. The van der Waals surface area contributed by atoms with Crippen molar-refractivity contribution in [3.8, 4) is 5.75 Å². The van der Waals surface area contributed by atoms with Crippen LogP contribution in [0.1, 0.15) is 47.3 Å². The average molecular weight is 365 g/mol. The lowest BCUT2D eigenvalue weighted by Gasteiger charge is -2.34. The molecule has 2 aromatic carbocycles. The molecule has 0 saturated heterocycles. The van der Waals surface area contributed by atoms with Crippen LogP contribution in [0.3, 0.4) is 0 Å². The van der Waals surface area contributed by atoms with E-state index in [4.69, 9.17) is 9.47 Å². The second kappa shape index (κ2) is 6.72. The summed E-state index contributed by atoms with van der Waals surface area (Å²) >= 11 is 0. The van der Waals surface area contributed by atoms with Crippen molar-refractivity contribution in [3.05, 3.63) is 65.2 Å². The van der Waals surface area contributed by atoms with Crippen LogP contribution in [0, 0.1) is 5.92 Å². The van der Waals surface area contributed by atoms with Gasteiger partial charge in [0.2, 0.25) is 0 Å². The van der Waals surface area contributed by atoms with Gasteiger partial charge in [0.1, 0.15) is 5.75 Å². The molecule has 0 spiro atoms. The molecule has 1 amide bonds. The molecule has 5 heteroatoms. The molecule has 1 fully saturated rings. The molecule has 140 valence electrons. The highest BCUT2D eigenvalue weighted by Crippen LogP contribution is 2.42. The fourth-order valence-corrected chi connectivity index (χ4v) is 3.67. The minimum Gasteiger partial charge on any atom is -0.497 e. The highest BCUT2D eigenvalue weighted by molar-refractivity contribution is 5.97. The number of benzene rings is 2. The molecule has 27 heavy (non-hydrogen) atoms. The van der Waals surface area contributed by atoms with Gasteiger partial charge < -0.3 is 14.8 Å². The Morgan fingerprint density at radius 3 is 2.56 bits per heavy atom. The van der Waals surface area contributed by atoms with Crippen molar-refractivity contribution in [1.29, 1.82) is 0 Å². The lowest BCUT2D eigenvalue weighted by Crippen LogP contribution is -2.52. The molecule has 4 rings (SSSR count). The van der Waals surface area contributed by atoms with Gasteiger partial charge in [0.25, 0.3) is 5.91 Å². The van der Waals surface area contributed by atoms with Crippen LogP contribution >= 0.6 is 0 Å². The van der Waals surface area contributed by atoms with Gasteiger partial charge in [0.05, 0.1) is 18.7 Å². The van der Waals surface area contributed by atoms with Crippen LogP contribution in [0.15, 0.2) is 48.5 Å². The number of esters is 1. The molecule has 2 aliphatic rings. The summed E-state index contributed by atoms with van der Waals surface area (Å²) in [5, 5.41) is 3.14. The third-order valence-corrected chi connectivity index (χ3v) is 5.42. The molecule has 2 atom stereocenters. The van der Waals surface area contributed by atoms with E-state index >= 15 is 0 Å². The summed E-state index contributed by atoms with van der Waals surface area (Å²) < 4.78 is 10.8. The van der Waals surface area contributed by atoms with Crippen molar-refractivity contribution in [3.63, 3.8) is 0 Å². The van der Waals surface area contributed by atoms with Crippen molar-refractivity contribution in [1.82, 2.24) is 5.32 Å². The Kier molecular flexibility index (Phi) is 4.38. The molecule has 1 heterocycles. The zero-order valence-electron chi connectivity index (χ0n) is 15.5. The zero-order chi connectivity index (χ0) is 19.0. The highest BCUT2D eigenvalue weighted by Gasteiger charge is 2.44. The number of carbonyl (C=O) groups excluding carboxylic acids is 2. The fraction of sp³-hybridized carbons (Fsp3) is 0.364. The predicted molar refractivity (Wildman–Crippen MR) is 101 cm³/mol. The number of ether oxygens (including phenoxy) is 2. The molecule has 1 saturated carbocycles. The number of nitrogens with one attached hydrogen (secondary N) is 1. The van der Waals surface area contributed by atoms with Crippen LogP contribution in [0.5, 0.6) is 5.75 Å². The molecule has 0 aromatic heterocycles. The molecule has 1 aliphatic carbocycles. The van der Waals surface area contributed by atoms with Crippen molar-refractivity contribution < 1.29 is 19.1 Å². The maximum Gasteiger partial charge on any atom is 0.339 e. The summed E-state index contributed by atoms with van der Waals surface area (Å²) in [7, 11) is 1.63. The molecular formula is C22H23NO4. The molecule has 0 bridgehead atoms. The van der Waals surface area contributed by atoms with E-state index in [9.17, 15) is 9.59 Å². The molecule has 5 nitrogen and oxygen atoms in total. The molecule has 0 radical (unpaired) electrons. The van der Waals surface area contributed by atoms with Gasteiger partial charge in [0.15, 0.2) is 5.60 Å². The van der Waals surface area contributed by atoms with Crippen molar-refractivity contribution in [2.75, 3.05) is 7.11 Å². The number of amides is 1. The first kappa shape index (κ1) is 17.6. The summed E-state index contributed by atoms with van der Waals surface area (Å²) in [4.78, 5) is 25.5. The van der Waals surface area contributed by atoms with Gasteiger partial charge in [-0.25, -0.2) is 4.79 Å². The minimum atomic E-state index is -1.20. The van der Waals surface area contributed by atoms with Gasteiger partial charge in [-0.05, 0) is 55.0 Å². The van der Waals surface area contributed by atoms with Crippen molar-refractivity contribution >= 4 is 11.9 Å². The van der Waals surface area contributed by atoms with E-state index in [1.807, 2.05) is 36.4 Å². The average Bonchev–Trinajstić information content (AvgIpc) is 3.51. The van der Waals surface area contributed by atoms with Crippen LogP contribution in [0.4, 0.5) is 0 Å². The lowest BCUT2D eigenvalue weighted by molar-refractivity contribution is -0.140. The molecule has 1 N–H and O–H groups in total. The summed E-state index contributed by atoms with van der Waals surface area (Å²) in [6.07, 6.45) is 2.54. The van der Waals surface area contributed by atoms with Gasteiger partial charge in [-0.3, -0.25) is 4.79 Å². The maximum atomic E-state index is 13.1. The maximum absolute atomic E-state index is 13.1. The number of methoxy groups -OCH3 is 1. The SMILES string of the molecule is COc1ccc([C@H](NC(=O)[C@@]2(C)Cc3ccccc3C(=O)O2)C2CC2)cc1.